The van der Waals surface area contributed by atoms with Crippen molar-refractivity contribution in [3.63, 3.8) is 0 Å². The molecule has 25 heavy (non-hydrogen) atoms. The van der Waals surface area contributed by atoms with Crippen LogP contribution in [0.3, 0.4) is 0 Å². The van der Waals surface area contributed by atoms with Gasteiger partial charge in [0.25, 0.3) is 5.91 Å². The van der Waals surface area contributed by atoms with Crippen LogP contribution in [0.1, 0.15) is 24.8 Å². The lowest BCUT2D eigenvalue weighted by molar-refractivity contribution is -0.170. The summed E-state index contributed by atoms with van der Waals surface area (Å²) in [5.41, 5.74) is 0.865. The highest BCUT2D eigenvalue weighted by atomic mass is 16.5. The minimum Gasteiger partial charge on any atom is -0.484 e. The summed E-state index contributed by atoms with van der Waals surface area (Å²) < 4.78 is 17.6. The molecule has 4 rings (SSSR count). The molecule has 0 N–H and O–H groups in total. The first-order chi connectivity index (χ1) is 12.2. The van der Waals surface area contributed by atoms with Crippen molar-refractivity contribution in [1.29, 1.82) is 0 Å². The van der Waals surface area contributed by atoms with Crippen molar-refractivity contribution >= 4 is 5.91 Å². The molecule has 0 unspecified atom stereocenters. The van der Waals surface area contributed by atoms with Gasteiger partial charge in [-0.05, 0) is 43.7 Å². The first kappa shape index (κ1) is 16.9. The molecular weight excluding hydrogens is 318 g/mol. The van der Waals surface area contributed by atoms with E-state index in [1.807, 2.05) is 36.1 Å². The van der Waals surface area contributed by atoms with Crippen LogP contribution in [0, 0.1) is 18.8 Å². The number of hydrogen-bond donors (Lipinski definition) is 0. The molecule has 0 radical (unpaired) electrons. The molecule has 2 heterocycles. The summed E-state index contributed by atoms with van der Waals surface area (Å²) in [6.45, 7) is 5.83. The van der Waals surface area contributed by atoms with Crippen molar-refractivity contribution < 1.29 is 19.0 Å². The van der Waals surface area contributed by atoms with Crippen LogP contribution in [0.4, 0.5) is 0 Å². The summed E-state index contributed by atoms with van der Waals surface area (Å²) in [7, 11) is 0. The fourth-order valence-electron chi connectivity index (χ4n) is 3.76. The molecule has 2 saturated heterocycles. The second-order valence-electron chi connectivity index (χ2n) is 7.68. The highest BCUT2D eigenvalue weighted by Crippen LogP contribution is 2.40. The summed E-state index contributed by atoms with van der Waals surface area (Å²) in [5, 5.41) is 0. The number of amides is 1. The second-order valence-corrected chi connectivity index (χ2v) is 7.68. The Morgan fingerprint density at radius 1 is 1.24 bits per heavy atom. The van der Waals surface area contributed by atoms with Gasteiger partial charge in [-0.25, -0.2) is 0 Å². The van der Waals surface area contributed by atoms with Crippen LogP contribution >= 0.6 is 0 Å². The van der Waals surface area contributed by atoms with Gasteiger partial charge in [-0.2, -0.15) is 0 Å². The van der Waals surface area contributed by atoms with Crippen LogP contribution in [-0.4, -0.2) is 55.9 Å². The highest BCUT2D eigenvalue weighted by molar-refractivity contribution is 5.79. The van der Waals surface area contributed by atoms with Gasteiger partial charge in [0, 0.05) is 19.1 Å². The number of carbonyl (C=O) groups is 1. The van der Waals surface area contributed by atoms with Crippen molar-refractivity contribution in [3.05, 3.63) is 29.8 Å². The monoisotopic (exact) mass is 345 g/mol. The zero-order chi connectivity index (χ0) is 17.3. The van der Waals surface area contributed by atoms with Gasteiger partial charge in [0.1, 0.15) is 11.4 Å². The zero-order valence-corrected chi connectivity index (χ0v) is 14.9. The molecule has 1 atom stereocenters. The number of carbonyl (C=O) groups excluding carboxylic acids is 1. The summed E-state index contributed by atoms with van der Waals surface area (Å²) in [6.07, 6.45) is 3.66. The summed E-state index contributed by atoms with van der Waals surface area (Å²) in [5.74, 6) is 2.00. The Hall–Kier alpha value is -1.59. The molecule has 5 nitrogen and oxygen atoms in total. The van der Waals surface area contributed by atoms with E-state index in [-0.39, 0.29) is 18.1 Å². The van der Waals surface area contributed by atoms with Crippen molar-refractivity contribution in [2.45, 2.75) is 31.8 Å². The topological polar surface area (TPSA) is 48.0 Å². The van der Waals surface area contributed by atoms with Crippen LogP contribution in [0.2, 0.25) is 0 Å². The van der Waals surface area contributed by atoms with E-state index in [9.17, 15) is 4.79 Å². The molecule has 1 aromatic rings. The molecule has 1 amide bonds. The summed E-state index contributed by atoms with van der Waals surface area (Å²) in [6, 6.07) is 7.76. The maximum atomic E-state index is 12.4. The normalized spacial score (nSPS) is 24.4. The lowest BCUT2D eigenvalue weighted by Gasteiger charge is -2.50. The van der Waals surface area contributed by atoms with Gasteiger partial charge in [-0.15, -0.1) is 0 Å². The molecule has 0 bridgehead atoms. The maximum absolute atomic E-state index is 12.4. The van der Waals surface area contributed by atoms with Crippen molar-refractivity contribution in [1.82, 2.24) is 4.90 Å². The fraction of sp³-hybridized carbons (Fsp3) is 0.650. The van der Waals surface area contributed by atoms with Crippen LogP contribution in [0.5, 0.6) is 5.75 Å². The molecule has 0 aromatic heterocycles. The minimum atomic E-state index is -0.179. The predicted molar refractivity (Wildman–Crippen MR) is 93.6 cm³/mol. The first-order valence-electron chi connectivity index (χ1n) is 9.34. The molecule has 5 heteroatoms. The zero-order valence-electron chi connectivity index (χ0n) is 14.9. The summed E-state index contributed by atoms with van der Waals surface area (Å²) >= 11 is 0. The quantitative estimate of drug-likeness (QED) is 0.761. The molecule has 3 aliphatic rings. The third kappa shape index (κ3) is 3.67. The van der Waals surface area contributed by atoms with E-state index in [1.54, 1.807) is 0 Å². The van der Waals surface area contributed by atoms with Crippen molar-refractivity contribution in [2.75, 3.05) is 39.5 Å². The lowest BCUT2D eigenvalue weighted by atomic mass is 9.81. The van der Waals surface area contributed by atoms with Gasteiger partial charge in [0.15, 0.2) is 6.61 Å². The second kappa shape index (κ2) is 6.96. The van der Waals surface area contributed by atoms with E-state index in [0.717, 1.165) is 43.5 Å². The fourth-order valence-corrected chi connectivity index (χ4v) is 3.76. The van der Waals surface area contributed by atoms with E-state index in [0.29, 0.717) is 19.0 Å². The molecule has 1 spiro atoms. The van der Waals surface area contributed by atoms with Gasteiger partial charge in [-0.1, -0.05) is 18.2 Å². The molecule has 3 fully saturated rings. The van der Waals surface area contributed by atoms with Gasteiger partial charge >= 0.3 is 0 Å². The number of hydrogen-bond acceptors (Lipinski definition) is 4. The first-order valence-corrected chi connectivity index (χ1v) is 9.34. The Balaban J connectivity index is 1.24. The smallest absolute Gasteiger partial charge is 0.260 e. The molecular formula is C20H27NO4. The molecule has 1 saturated carbocycles. The van der Waals surface area contributed by atoms with Gasteiger partial charge < -0.3 is 19.1 Å². The van der Waals surface area contributed by atoms with Gasteiger partial charge in [0.2, 0.25) is 0 Å². The van der Waals surface area contributed by atoms with E-state index in [2.05, 4.69) is 0 Å². The number of benzene rings is 1. The van der Waals surface area contributed by atoms with Crippen molar-refractivity contribution in [3.8, 4) is 5.75 Å². The van der Waals surface area contributed by atoms with E-state index in [1.165, 1.54) is 12.8 Å². The Kier molecular flexibility index (Phi) is 4.69. The molecule has 136 valence electrons. The van der Waals surface area contributed by atoms with Crippen LogP contribution in [0.25, 0.3) is 0 Å². The average molecular weight is 345 g/mol. The largest absolute Gasteiger partial charge is 0.484 e. The Bertz CT molecular complexity index is 622. The average Bonchev–Trinajstić information content (AvgIpc) is 3.30. The minimum absolute atomic E-state index is 0.0297. The lowest BCUT2D eigenvalue weighted by Crippen LogP contribution is -2.67. The third-order valence-corrected chi connectivity index (χ3v) is 5.68. The van der Waals surface area contributed by atoms with E-state index in [4.69, 9.17) is 14.2 Å². The maximum Gasteiger partial charge on any atom is 0.260 e. The molecule has 1 aliphatic carbocycles. The SMILES string of the molecule is Cc1ccccc1OCC(=O)N1CC2(C1)OCC[C@@H]2COCC1CC1. The number of aryl methyl sites for hydroxylation is 1. The Morgan fingerprint density at radius 2 is 2.04 bits per heavy atom. The third-order valence-electron chi connectivity index (χ3n) is 5.68. The Morgan fingerprint density at radius 3 is 2.80 bits per heavy atom. The number of ether oxygens (including phenoxy) is 3. The van der Waals surface area contributed by atoms with E-state index >= 15 is 0 Å². The number of likely N-dealkylation sites (tertiary alicyclic amines) is 1. The Labute approximate surface area is 149 Å². The van der Waals surface area contributed by atoms with Crippen LogP contribution in [0.15, 0.2) is 24.3 Å². The predicted octanol–water partition coefficient (Wildman–Crippen LogP) is 2.42. The van der Waals surface area contributed by atoms with E-state index < -0.39 is 0 Å². The number of rotatable bonds is 7. The van der Waals surface area contributed by atoms with Gasteiger partial charge in [-0.3, -0.25) is 4.79 Å². The van der Waals surface area contributed by atoms with Gasteiger partial charge in [0.05, 0.1) is 19.7 Å². The van der Waals surface area contributed by atoms with Crippen LogP contribution in [-0.2, 0) is 14.3 Å². The highest BCUT2D eigenvalue weighted by Gasteiger charge is 2.54. The van der Waals surface area contributed by atoms with Crippen LogP contribution < -0.4 is 4.74 Å². The van der Waals surface area contributed by atoms with Crippen molar-refractivity contribution in [2.24, 2.45) is 11.8 Å². The number of para-hydroxylation sites is 1. The standard InChI is InChI=1S/C20H27NO4/c1-15-4-2-3-5-18(15)24-12-19(22)21-13-20(14-21)17(8-9-25-20)11-23-10-16-6-7-16/h2-5,16-17H,6-14H2,1H3/t17-/m1/s1. The number of nitrogens with zero attached hydrogens (tertiary/aromatic N) is 1. The molecule has 2 aliphatic heterocycles. The molecule has 1 aromatic carbocycles. The summed E-state index contributed by atoms with van der Waals surface area (Å²) in [4.78, 5) is 14.2.